The lowest BCUT2D eigenvalue weighted by molar-refractivity contribution is -0.120. The number of rotatable bonds is 2. The number of carbonyl (C=O) groups is 1. The van der Waals surface area contributed by atoms with Crippen LogP contribution in [-0.2, 0) is 4.79 Å². The summed E-state index contributed by atoms with van der Waals surface area (Å²) >= 11 is 5.99. The van der Waals surface area contributed by atoms with Gasteiger partial charge in [-0.25, -0.2) is 0 Å². The van der Waals surface area contributed by atoms with Crippen molar-refractivity contribution in [3.63, 3.8) is 0 Å². The standard InChI is InChI=1S/C17H21ClN2O/c18-15-9-10-16(14(12-15)8-5-11-19)20-17(21)13-6-3-1-2-4-7-13/h9-10,12-13H,1-4,6-7,11,19H2,(H,20,21). The van der Waals surface area contributed by atoms with Gasteiger partial charge < -0.3 is 11.1 Å². The Morgan fingerprint density at radius 1 is 1.29 bits per heavy atom. The minimum absolute atomic E-state index is 0.0926. The molecule has 0 saturated heterocycles. The number of benzene rings is 1. The minimum Gasteiger partial charge on any atom is -0.325 e. The van der Waals surface area contributed by atoms with Crippen LogP contribution < -0.4 is 11.1 Å². The molecule has 21 heavy (non-hydrogen) atoms. The second kappa shape index (κ2) is 8.07. The fourth-order valence-electron chi connectivity index (χ4n) is 2.65. The summed E-state index contributed by atoms with van der Waals surface area (Å²) in [6.45, 7) is 0.280. The summed E-state index contributed by atoms with van der Waals surface area (Å²) in [4.78, 5) is 12.4. The van der Waals surface area contributed by atoms with Crippen LogP contribution in [0.5, 0.6) is 0 Å². The van der Waals surface area contributed by atoms with Gasteiger partial charge in [0, 0.05) is 16.5 Å². The maximum Gasteiger partial charge on any atom is 0.227 e. The van der Waals surface area contributed by atoms with Gasteiger partial charge in [0.25, 0.3) is 0 Å². The van der Waals surface area contributed by atoms with E-state index in [1.807, 2.05) is 0 Å². The molecule has 4 heteroatoms. The van der Waals surface area contributed by atoms with Crippen molar-refractivity contribution < 1.29 is 4.79 Å². The number of hydrogen-bond donors (Lipinski definition) is 2. The van der Waals surface area contributed by atoms with E-state index in [1.54, 1.807) is 18.2 Å². The van der Waals surface area contributed by atoms with Crippen LogP contribution in [0, 0.1) is 17.8 Å². The van der Waals surface area contributed by atoms with Gasteiger partial charge in [-0.15, -0.1) is 0 Å². The monoisotopic (exact) mass is 304 g/mol. The zero-order valence-electron chi connectivity index (χ0n) is 12.1. The molecule has 0 radical (unpaired) electrons. The third kappa shape index (κ3) is 4.77. The Balaban J connectivity index is 2.12. The molecular formula is C17H21ClN2O. The van der Waals surface area contributed by atoms with Gasteiger partial charge in [0.15, 0.2) is 0 Å². The number of halogens is 1. The van der Waals surface area contributed by atoms with E-state index in [0.29, 0.717) is 5.02 Å². The van der Waals surface area contributed by atoms with Crippen LogP contribution in [-0.4, -0.2) is 12.5 Å². The lowest BCUT2D eigenvalue weighted by Gasteiger charge is -2.15. The Morgan fingerprint density at radius 3 is 2.67 bits per heavy atom. The third-order valence-corrected chi connectivity index (χ3v) is 4.03. The van der Waals surface area contributed by atoms with Crippen molar-refractivity contribution >= 4 is 23.2 Å². The number of hydrogen-bond acceptors (Lipinski definition) is 2. The lowest BCUT2D eigenvalue weighted by Crippen LogP contribution is -2.22. The van der Waals surface area contributed by atoms with Gasteiger partial charge in [0.05, 0.1) is 12.2 Å². The predicted molar refractivity (Wildman–Crippen MR) is 87.2 cm³/mol. The van der Waals surface area contributed by atoms with Crippen molar-refractivity contribution in [1.82, 2.24) is 0 Å². The summed E-state index contributed by atoms with van der Waals surface area (Å²) < 4.78 is 0. The molecule has 0 heterocycles. The van der Waals surface area contributed by atoms with Crippen LogP contribution in [0.1, 0.15) is 44.1 Å². The van der Waals surface area contributed by atoms with Crippen LogP contribution in [0.3, 0.4) is 0 Å². The van der Waals surface area contributed by atoms with E-state index in [0.717, 1.165) is 36.9 Å². The Kier molecular flexibility index (Phi) is 6.10. The highest BCUT2D eigenvalue weighted by Crippen LogP contribution is 2.26. The smallest absolute Gasteiger partial charge is 0.227 e. The molecule has 112 valence electrons. The normalized spacial score (nSPS) is 15.7. The van der Waals surface area contributed by atoms with E-state index in [2.05, 4.69) is 17.2 Å². The molecule has 1 saturated carbocycles. The van der Waals surface area contributed by atoms with Crippen LogP contribution in [0.15, 0.2) is 18.2 Å². The van der Waals surface area contributed by atoms with E-state index in [1.165, 1.54) is 12.8 Å². The van der Waals surface area contributed by atoms with Gasteiger partial charge in [-0.2, -0.15) is 0 Å². The van der Waals surface area contributed by atoms with Gasteiger partial charge in [-0.3, -0.25) is 4.79 Å². The Labute approximate surface area is 131 Å². The highest BCUT2D eigenvalue weighted by Gasteiger charge is 2.20. The second-order valence-corrected chi connectivity index (χ2v) is 5.81. The molecule has 0 atom stereocenters. The van der Waals surface area contributed by atoms with Crippen molar-refractivity contribution in [1.29, 1.82) is 0 Å². The number of amides is 1. The molecule has 3 nitrogen and oxygen atoms in total. The Bertz CT molecular complexity index is 552. The van der Waals surface area contributed by atoms with Crippen LogP contribution >= 0.6 is 11.6 Å². The molecular weight excluding hydrogens is 284 g/mol. The number of anilines is 1. The first-order valence-corrected chi connectivity index (χ1v) is 7.88. The molecule has 0 spiro atoms. The van der Waals surface area contributed by atoms with E-state index in [4.69, 9.17) is 17.3 Å². The number of nitrogens with one attached hydrogen (secondary N) is 1. The van der Waals surface area contributed by atoms with E-state index in [-0.39, 0.29) is 18.4 Å². The third-order valence-electron chi connectivity index (χ3n) is 3.79. The topological polar surface area (TPSA) is 55.1 Å². The molecule has 0 unspecified atom stereocenters. The van der Waals surface area contributed by atoms with E-state index in [9.17, 15) is 4.79 Å². The van der Waals surface area contributed by atoms with Crippen LogP contribution in [0.4, 0.5) is 5.69 Å². The van der Waals surface area contributed by atoms with Crippen molar-refractivity contribution in [2.24, 2.45) is 11.7 Å². The molecule has 1 aromatic carbocycles. The first kappa shape index (κ1) is 15.9. The summed E-state index contributed by atoms with van der Waals surface area (Å²) in [5.41, 5.74) is 6.84. The molecule has 3 N–H and O–H groups in total. The molecule has 1 aliphatic rings. The van der Waals surface area contributed by atoms with Crippen LogP contribution in [0.2, 0.25) is 5.02 Å². The van der Waals surface area contributed by atoms with Crippen molar-refractivity contribution in [2.75, 3.05) is 11.9 Å². The van der Waals surface area contributed by atoms with Crippen molar-refractivity contribution in [3.05, 3.63) is 28.8 Å². The summed E-state index contributed by atoms with van der Waals surface area (Å²) in [5.74, 6) is 5.97. The molecule has 0 aromatic heterocycles. The van der Waals surface area contributed by atoms with Crippen molar-refractivity contribution in [2.45, 2.75) is 38.5 Å². The highest BCUT2D eigenvalue weighted by molar-refractivity contribution is 6.30. The highest BCUT2D eigenvalue weighted by atomic mass is 35.5. The maximum absolute atomic E-state index is 12.4. The number of carbonyl (C=O) groups excluding carboxylic acids is 1. The fourth-order valence-corrected chi connectivity index (χ4v) is 2.82. The molecule has 2 rings (SSSR count). The molecule has 1 aliphatic carbocycles. The van der Waals surface area contributed by atoms with E-state index < -0.39 is 0 Å². The van der Waals surface area contributed by atoms with Gasteiger partial charge in [-0.05, 0) is 31.0 Å². The summed E-state index contributed by atoms with van der Waals surface area (Å²) in [6.07, 6.45) is 6.69. The average molecular weight is 305 g/mol. The summed E-state index contributed by atoms with van der Waals surface area (Å²) in [7, 11) is 0. The molecule has 1 aromatic rings. The second-order valence-electron chi connectivity index (χ2n) is 5.37. The first-order valence-electron chi connectivity index (χ1n) is 7.50. The molecule has 0 bridgehead atoms. The largest absolute Gasteiger partial charge is 0.325 e. The van der Waals surface area contributed by atoms with Crippen molar-refractivity contribution in [3.8, 4) is 11.8 Å². The Morgan fingerprint density at radius 2 is 2.00 bits per heavy atom. The molecule has 1 fully saturated rings. The number of nitrogens with two attached hydrogens (primary N) is 1. The zero-order valence-corrected chi connectivity index (χ0v) is 12.9. The summed E-state index contributed by atoms with van der Waals surface area (Å²) in [6, 6.07) is 5.32. The fraction of sp³-hybridized carbons (Fsp3) is 0.471. The SMILES string of the molecule is NCC#Cc1cc(Cl)ccc1NC(=O)C1CCCCCC1. The van der Waals surface area contributed by atoms with E-state index >= 15 is 0 Å². The maximum atomic E-state index is 12.4. The molecule has 1 amide bonds. The molecule has 0 aliphatic heterocycles. The zero-order chi connectivity index (χ0) is 15.1. The quantitative estimate of drug-likeness (QED) is 0.648. The van der Waals surface area contributed by atoms with Gasteiger partial charge in [-0.1, -0.05) is 49.1 Å². The summed E-state index contributed by atoms with van der Waals surface area (Å²) in [5, 5.41) is 3.60. The first-order chi connectivity index (χ1) is 10.2. The predicted octanol–water partition coefficient (Wildman–Crippen LogP) is 3.56. The Hall–Kier alpha value is -1.50. The van der Waals surface area contributed by atoms with Gasteiger partial charge in [0.2, 0.25) is 5.91 Å². The lowest BCUT2D eigenvalue weighted by atomic mass is 9.99. The van der Waals surface area contributed by atoms with Gasteiger partial charge >= 0.3 is 0 Å². The van der Waals surface area contributed by atoms with Crippen LogP contribution in [0.25, 0.3) is 0 Å². The minimum atomic E-state index is 0.0926. The van der Waals surface area contributed by atoms with Gasteiger partial charge in [0.1, 0.15) is 0 Å². The average Bonchev–Trinajstić information content (AvgIpc) is 2.76.